The number of pyridine rings is 1. The quantitative estimate of drug-likeness (QED) is 0.785. The first kappa shape index (κ1) is 8.34. The fourth-order valence-corrected chi connectivity index (χ4v) is 1.84. The smallest absolute Gasteiger partial charge is 0.125 e. The SMILES string of the molecule is NCc1ncccc1-c1nccs1. The van der Waals surface area contributed by atoms with E-state index in [1.54, 1.807) is 23.7 Å². The molecule has 66 valence electrons. The van der Waals surface area contributed by atoms with Crippen molar-refractivity contribution in [2.24, 2.45) is 5.73 Å². The molecule has 3 nitrogen and oxygen atoms in total. The lowest BCUT2D eigenvalue weighted by molar-refractivity contribution is 0.993. The van der Waals surface area contributed by atoms with Gasteiger partial charge in [-0.1, -0.05) is 0 Å². The highest BCUT2D eigenvalue weighted by atomic mass is 32.1. The van der Waals surface area contributed by atoms with E-state index in [1.165, 1.54) is 0 Å². The van der Waals surface area contributed by atoms with Crippen molar-refractivity contribution in [3.63, 3.8) is 0 Å². The van der Waals surface area contributed by atoms with Crippen LogP contribution in [0.3, 0.4) is 0 Å². The molecule has 0 aromatic carbocycles. The van der Waals surface area contributed by atoms with Crippen molar-refractivity contribution < 1.29 is 0 Å². The summed E-state index contributed by atoms with van der Waals surface area (Å²) in [5, 5.41) is 2.93. The summed E-state index contributed by atoms with van der Waals surface area (Å²) in [5.74, 6) is 0. The Balaban J connectivity index is 2.51. The number of thiazole rings is 1. The average Bonchev–Trinajstić information content (AvgIpc) is 2.70. The summed E-state index contributed by atoms with van der Waals surface area (Å²) in [4.78, 5) is 8.41. The third-order valence-electron chi connectivity index (χ3n) is 1.75. The molecular weight excluding hydrogens is 182 g/mol. The van der Waals surface area contributed by atoms with Crippen molar-refractivity contribution in [1.82, 2.24) is 9.97 Å². The molecule has 0 aliphatic heterocycles. The first-order valence-corrected chi connectivity index (χ1v) is 4.83. The van der Waals surface area contributed by atoms with E-state index < -0.39 is 0 Å². The van der Waals surface area contributed by atoms with Gasteiger partial charge in [0.05, 0.1) is 5.69 Å². The fourth-order valence-electron chi connectivity index (χ4n) is 1.15. The molecule has 0 fully saturated rings. The summed E-state index contributed by atoms with van der Waals surface area (Å²) in [7, 11) is 0. The van der Waals surface area contributed by atoms with Crippen molar-refractivity contribution in [3.8, 4) is 10.6 Å². The van der Waals surface area contributed by atoms with Crippen LogP contribution in [0.25, 0.3) is 10.6 Å². The normalized spacial score (nSPS) is 10.2. The number of aromatic nitrogens is 2. The van der Waals surface area contributed by atoms with Gasteiger partial charge < -0.3 is 5.73 Å². The van der Waals surface area contributed by atoms with Crippen LogP contribution in [-0.2, 0) is 6.54 Å². The van der Waals surface area contributed by atoms with Gasteiger partial charge in [0.1, 0.15) is 5.01 Å². The Morgan fingerprint density at radius 3 is 2.92 bits per heavy atom. The molecule has 0 aliphatic carbocycles. The molecule has 2 rings (SSSR count). The zero-order valence-corrected chi connectivity index (χ0v) is 7.79. The van der Waals surface area contributed by atoms with Crippen molar-refractivity contribution in [1.29, 1.82) is 0 Å². The molecule has 0 bridgehead atoms. The lowest BCUT2D eigenvalue weighted by atomic mass is 10.2. The minimum absolute atomic E-state index is 0.454. The Morgan fingerprint density at radius 1 is 1.31 bits per heavy atom. The fraction of sp³-hybridized carbons (Fsp3) is 0.111. The van der Waals surface area contributed by atoms with Gasteiger partial charge in [0, 0.05) is 29.9 Å². The first-order valence-electron chi connectivity index (χ1n) is 3.95. The number of rotatable bonds is 2. The highest BCUT2D eigenvalue weighted by Gasteiger charge is 2.05. The summed E-state index contributed by atoms with van der Waals surface area (Å²) in [6.07, 6.45) is 3.53. The summed E-state index contributed by atoms with van der Waals surface area (Å²) in [5.41, 5.74) is 7.51. The van der Waals surface area contributed by atoms with Gasteiger partial charge in [-0.25, -0.2) is 4.98 Å². The molecule has 0 radical (unpaired) electrons. The van der Waals surface area contributed by atoms with Crippen LogP contribution in [0.5, 0.6) is 0 Å². The molecule has 0 atom stereocenters. The number of hydrogen-bond donors (Lipinski definition) is 1. The van der Waals surface area contributed by atoms with Crippen molar-refractivity contribution >= 4 is 11.3 Å². The molecule has 2 heterocycles. The molecule has 0 unspecified atom stereocenters. The maximum Gasteiger partial charge on any atom is 0.125 e. The van der Waals surface area contributed by atoms with E-state index in [1.807, 2.05) is 17.5 Å². The molecule has 2 aromatic rings. The minimum atomic E-state index is 0.454. The van der Waals surface area contributed by atoms with E-state index in [9.17, 15) is 0 Å². The van der Waals surface area contributed by atoms with Gasteiger partial charge >= 0.3 is 0 Å². The Labute approximate surface area is 80.3 Å². The Hall–Kier alpha value is -1.26. The monoisotopic (exact) mass is 191 g/mol. The molecule has 4 heteroatoms. The van der Waals surface area contributed by atoms with Gasteiger partial charge in [-0.2, -0.15) is 0 Å². The van der Waals surface area contributed by atoms with Gasteiger partial charge in [-0.15, -0.1) is 11.3 Å². The second-order valence-corrected chi connectivity index (χ2v) is 3.43. The number of nitrogens with zero attached hydrogens (tertiary/aromatic N) is 2. The highest BCUT2D eigenvalue weighted by molar-refractivity contribution is 7.13. The van der Waals surface area contributed by atoms with Gasteiger partial charge in [0.2, 0.25) is 0 Å². The summed E-state index contributed by atoms with van der Waals surface area (Å²) < 4.78 is 0. The predicted octanol–water partition coefficient (Wildman–Crippen LogP) is 1.66. The molecule has 2 aromatic heterocycles. The van der Waals surface area contributed by atoms with Crippen LogP contribution in [-0.4, -0.2) is 9.97 Å². The van der Waals surface area contributed by atoms with Crippen LogP contribution in [0, 0.1) is 0 Å². The summed E-state index contributed by atoms with van der Waals surface area (Å²) >= 11 is 1.60. The van der Waals surface area contributed by atoms with Gasteiger partial charge in [0.25, 0.3) is 0 Å². The minimum Gasteiger partial charge on any atom is -0.325 e. The third kappa shape index (κ3) is 1.59. The Bertz CT molecular complexity index is 384. The number of hydrogen-bond acceptors (Lipinski definition) is 4. The van der Waals surface area contributed by atoms with Gasteiger partial charge in [0.15, 0.2) is 0 Å². The van der Waals surface area contributed by atoms with Crippen molar-refractivity contribution in [2.45, 2.75) is 6.54 Å². The molecule has 0 aliphatic rings. The topological polar surface area (TPSA) is 51.8 Å². The molecule has 0 amide bonds. The van der Waals surface area contributed by atoms with E-state index >= 15 is 0 Å². The lowest BCUT2D eigenvalue weighted by Crippen LogP contribution is -2.01. The number of nitrogens with two attached hydrogens (primary N) is 1. The van der Waals surface area contributed by atoms with Crippen LogP contribution in [0.15, 0.2) is 29.9 Å². The second-order valence-electron chi connectivity index (χ2n) is 2.54. The molecule has 0 saturated carbocycles. The Morgan fingerprint density at radius 2 is 2.23 bits per heavy atom. The van der Waals surface area contributed by atoms with E-state index in [0.717, 1.165) is 16.3 Å². The largest absolute Gasteiger partial charge is 0.325 e. The van der Waals surface area contributed by atoms with E-state index in [4.69, 9.17) is 5.73 Å². The molecule has 2 N–H and O–H groups in total. The third-order valence-corrected chi connectivity index (χ3v) is 2.55. The average molecular weight is 191 g/mol. The molecule has 0 saturated heterocycles. The lowest BCUT2D eigenvalue weighted by Gasteiger charge is -2.01. The molecule has 13 heavy (non-hydrogen) atoms. The molecule has 0 spiro atoms. The standard InChI is InChI=1S/C9H9N3S/c10-6-8-7(2-1-3-11-8)9-12-4-5-13-9/h1-5H,6,10H2. The van der Waals surface area contributed by atoms with Crippen molar-refractivity contribution in [2.75, 3.05) is 0 Å². The van der Waals surface area contributed by atoms with E-state index in [0.29, 0.717) is 6.54 Å². The van der Waals surface area contributed by atoms with E-state index in [-0.39, 0.29) is 0 Å². The maximum atomic E-state index is 5.57. The van der Waals surface area contributed by atoms with Crippen LogP contribution < -0.4 is 5.73 Å². The van der Waals surface area contributed by atoms with Crippen LogP contribution in [0.2, 0.25) is 0 Å². The van der Waals surface area contributed by atoms with Crippen LogP contribution in [0.4, 0.5) is 0 Å². The first-order chi connectivity index (χ1) is 6.42. The van der Waals surface area contributed by atoms with E-state index in [2.05, 4.69) is 9.97 Å². The summed E-state index contributed by atoms with van der Waals surface area (Å²) in [6, 6.07) is 3.89. The summed E-state index contributed by atoms with van der Waals surface area (Å²) in [6.45, 7) is 0.454. The van der Waals surface area contributed by atoms with Crippen molar-refractivity contribution in [3.05, 3.63) is 35.6 Å². The second kappa shape index (κ2) is 3.64. The highest BCUT2D eigenvalue weighted by Crippen LogP contribution is 2.23. The zero-order valence-electron chi connectivity index (χ0n) is 6.97. The van der Waals surface area contributed by atoms with Gasteiger partial charge in [-0.05, 0) is 12.1 Å². The predicted molar refractivity (Wildman–Crippen MR) is 53.2 cm³/mol. The van der Waals surface area contributed by atoms with Crippen LogP contribution in [0.1, 0.15) is 5.69 Å². The maximum absolute atomic E-state index is 5.57. The molecular formula is C9H9N3S. The van der Waals surface area contributed by atoms with Crippen LogP contribution >= 0.6 is 11.3 Å². The Kier molecular flexibility index (Phi) is 2.33. The van der Waals surface area contributed by atoms with Gasteiger partial charge in [-0.3, -0.25) is 4.98 Å². The zero-order chi connectivity index (χ0) is 9.10.